The molecule has 2 heterocycles. The van der Waals surface area contributed by atoms with Crippen LogP contribution in [-0.2, 0) is 6.54 Å². The van der Waals surface area contributed by atoms with Crippen LogP contribution < -0.4 is 15.7 Å². The number of hydrogen-bond donors (Lipinski definition) is 1. The van der Waals surface area contributed by atoms with Crippen LogP contribution in [-0.4, -0.2) is 32.1 Å². The third-order valence-corrected chi connectivity index (χ3v) is 5.88. The molecule has 8 nitrogen and oxygen atoms in total. The summed E-state index contributed by atoms with van der Waals surface area (Å²) in [5.41, 5.74) is 3.30. The first kappa shape index (κ1) is 21.5. The van der Waals surface area contributed by atoms with Crippen LogP contribution in [0.3, 0.4) is 0 Å². The van der Waals surface area contributed by atoms with Crippen molar-refractivity contribution in [2.75, 3.05) is 12.4 Å². The Labute approximate surface area is 199 Å². The van der Waals surface area contributed by atoms with Gasteiger partial charge in [0.05, 0.1) is 7.11 Å². The standard InChI is InChI=1S/C25H20N6O2S/c1-33-20-14-12-19(13-15-20)26-24-29-28-21(34-24)16-31-25(32)27-22(17-8-4-2-5-9-17)23(30-31)18-10-6-3-7-11-18/h2-15H,16H2,1H3,(H,26,29). The zero-order valence-electron chi connectivity index (χ0n) is 18.3. The highest BCUT2D eigenvalue weighted by atomic mass is 32.1. The second kappa shape index (κ2) is 9.63. The number of aromatic nitrogens is 5. The maximum Gasteiger partial charge on any atom is 0.364 e. The molecule has 0 atom stereocenters. The van der Waals surface area contributed by atoms with Crippen molar-refractivity contribution in [1.29, 1.82) is 0 Å². The molecule has 168 valence electrons. The predicted molar refractivity (Wildman–Crippen MR) is 132 cm³/mol. The summed E-state index contributed by atoms with van der Waals surface area (Å²) in [6.07, 6.45) is 0. The highest BCUT2D eigenvalue weighted by molar-refractivity contribution is 7.15. The first-order valence-electron chi connectivity index (χ1n) is 10.5. The molecule has 3 aromatic carbocycles. The van der Waals surface area contributed by atoms with Gasteiger partial charge in [0.2, 0.25) is 5.13 Å². The Kier molecular flexibility index (Phi) is 6.09. The fourth-order valence-corrected chi connectivity index (χ4v) is 4.14. The van der Waals surface area contributed by atoms with Gasteiger partial charge in [-0.25, -0.2) is 9.48 Å². The van der Waals surface area contributed by atoms with Crippen molar-refractivity contribution in [3.8, 4) is 28.3 Å². The van der Waals surface area contributed by atoms with Crippen molar-refractivity contribution in [1.82, 2.24) is 25.0 Å². The second-order valence-corrected chi connectivity index (χ2v) is 8.40. The molecule has 5 aromatic rings. The van der Waals surface area contributed by atoms with E-state index in [1.165, 1.54) is 16.0 Å². The number of nitrogens with one attached hydrogen (secondary N) is 1. The molecule has 0 unspecified atom stereocenters. The lowest BCUT2D eigenvalue weighted by Gasteiger charge is -2.10. The number of methoxy groups -OCH3 is 1. The van der Waals surface area contributed by atoms with Gasteiger partial charge in [0.15, 0.2) is 0 Å². The van der Waals surface area contributed by atoms with Crippen molar-refractivity contribution < 1.29 is 4.74 Å². The smallest absolute Gasteiger partial charge is 0.364 e. The average Bonchev–Trinajstić information content (AvgIpc) is 3.33. The highest BCUT2D eigenvalue weighted by Crippen LogP contribution is 2.28. The Balaban J connectivity index is 1.45. The van der Waals surface area contributed by atoms with E-state index in [-0.39, 0.29) is 6.54 Å². The number of nitrogens with zero attached hydrogens (tertiary/aromatic N) is 5. The van der Waals surface area contributed by atoms with Gasteiger partial charge in [0.1, 0.15) is 28.7 Å². The van der Waals surface area contributed by atoms with Crippen LogP contribution in [0, 0.1) is 0 Å². The Morgan fingerprint density at radius 1 is 0.853 bits per heavy atom. The fraction of sp³-hybridized carbons (Fsp3) is 0.0800. The van der Waals surface area contributed by atoms with Crippen molar-refractivity contribution in [3.63, 3.8) is 0 Å². The molecule has 0 saturated carbocycles. The van der Waals surface area contributed by atoms with Crippen molar-refractivity contribution in [2.24, 2.45) is 0 Å². The minimum atomic E-state index is -0.446. The van der Waals surface area contributed by atoms with Gasteiger partial charge in [-0.3, -0.25) is 0 Å². The molecule has 0 saturated heterocycles. The van der Waals surface area contributed by atoms with Crippen molar-refractivity contribution in [2.45, 2.75) is 6.54 Å². The van der Waals surface area contributed by atoms with Crippen molar-refractivity contribution in [3.05, 3.63) is 100 Å². The molecule has 34 heavy (non-hydrogen) atoms. The lowest BCUT2D eigenvalue weighted by atomic mass is 10.0. The summed E-state index contributed by atoms with van der Waals surface area (Å²) in [6.45, 7) is 0.169. The molecule has 0 spiro atoms. The largest absolute Gasteiger partial charge is 0.497 e. The van der Waals surface area contributed by atoms with Gasteiger partial charge < -0.3 is 10.1 Å². The number of rotatable bonds is 7. The number of hydrogen-bond acceptors (Lipinski definition) is 8. The van der Waals surface area contributed by atoms with Gasteiger partial charge in [0, 0.05) is 16.8 Å². The lowest BCUT2D eigenvalue weighted by Crippen LogP contribution is -2.27. The monoisotopic (exact) mass is 468 g/mol. The first-order chi connectivity index (χ1) is 16.7. The minimum Gasteiger partial charge on any atom is -0.497 e. The number of ether oxygens (including phenoxy) is 1. The van der Waals surface area contributed by atoms with E-state index in [0.717, 1.165) is 22.6 Å². The van der Waals surface area contributed by atoms with E-state index < -0.39 is 5.69 Å². The molecule has 5 rings (SSSR count). The molecule has 0 fully saturated rings. The molecule has 0 radical (unpaired) electrons. The van der Waals surface area contributed by atoms with Gasteiger partial charge in [-0.05, 0) is 24.3 Å². The molecule has 0 bridgehead atoms. The van der Waals surface area contributed by atoms with E-state index in [1.807, 2.05) is 84.9 Å². The highest BCUT2D eigenvalue weighted by Gasteiger charge is 2.16. The summed E-state index contributed by atoms with van der Waals surface area (Å²) in [4.78, 5) is 17.3. The third-order valence-electron chi connectivity index (χ3n) is 5.06. The number of anilines is 2. The van der Waals surface area contributed by atoms with Gasteiger partial charge in [-0.15, -0.1) is 10.2 Å². The molecular formula is C25H20N6O2S. The molecule has 0 amide bonds. The average molecular weight is 469 g/mol. The molecule has 0 aliphatic carbocycles. The zero-order valence-corrected chi connectivity index (χ0v) is 19.1. The van der Waals surface area contributed by atoms with Gasteiger partial charge in [-0.1, -0.05) is 72.0 Å². The van der Waals surface area contributed by atoms with Crippen molar-refractivity contribution >= 4 is 22.2 Å². The van der Waals surface area contributed by atoms with Crippen LogP contribution in [0.4, 0.5) is 10.8 Å². The fourth-order valence-electron chi connectivity index (χ4n) is 3.40. The molecule has 1 N–H and O–H groups in total. The summed E-state index contributed by atoms with van der Waals surface area (Å²) in [5, 5.41) is 17.5. The first-order valence-corrected chi connectivity index (χ1v) is 11.3. The summed E-state index contributed by atoms with van der Waals surface area (Å²) < 4.78 is 6.51. The SMILES string of the molecule is COc1ccc(Nc2nnc(Cn3nc(-c4ccccc4)c(-c4ccccc4)nc3=O)s2)cc1. The maximum atomic E-state index is 12.9. The minimum absolute atomic E-state index is 0.169. The summed E-state index contributed by atoms with van der Waals surface area (Å²) in [5.74, 6) is 0.773. The quantitative estimate of drug-likeness (QED) is 0.372. The number of benzene rings is 3. The zero-order chi connectivity index (χ0) is 23.3. The van der Waals surface area contributed by atoms with E-state index in [9.17, 15) is 4.79 Å². The van der Waals surface area contributed by atoms with Gasteiger partial charge in [-0.2, -0.15) is 10.1 Å². The van der Waals surface area contributed by atoms with Crippen LogP contribution in [0.25, 0.3) is 22.5 Å². The maximum absolute atomic E-state index is 12.9. The molecular weight excluding hydrogens is 448 g/mol. The Morgan fingerprint density at radius 3 is 2.15 bits per heavy atom. The van der Waals surface area contributed by atoms with Crippen LogP contribution in [0.5, 0.6) is 5.75 Å². The van der Waals surface area contributed by atoms with E-state index in [4.69, 9.17) is 4.74 Å². The summed E-state index contributed by atoms with van der Waals surface area (Å²) >= 11 is 1.35. The van der Waals surface area contributed by atoms with Gasteiger partial charge >= 0.3 is 5.69 Å². The van der Waals surface area contributed by atoms with Gasteiger partial charge in [0.25, 0.3) is 0 Å². The molecule has 0 aliphatic rings. The Hall–Kier alpha value is -4.37. The van der Waals surface area contributed by atoms with E-state index in [0.29, 0.717) is 21.5 Å². The molecule has 0 aliphatic heterocycles. The van der Waals surface area contributed by atoms with Crippen LogP contribution in [0.2, 0.25) is 0 Å². The summed E-state index contributed by atoms with van der Waals surface area (Å²) in [7, 11) is 1.62. The van der Waals surface area contributed by atoms with Crippen LogP contribution >= 0.6 is 11.3 Å². The third kappa shape index (κ3) is 4.69. The second-order valence-electron chi connectivity index (χ2n) is 7.34. The van der Waals surface area contributed by atoms with E-state index >= 15 is 0 Å². The normalized spacial score (nSPS) is 10.7. The van der Waals surface area contributed by atoms with E-state index in [1.54, 1.807) is 7.11 Å². The Morgan fingerprint density at radius 2 is 1.50 bits per heavy atom. The lowest BCUT2D eigenvalue weighted by molar-refractivity contribution is 0.415. The van der Waals surface area contributed by atoms with Crippen LogP contribution in [0.1, 0.15) is 5.01 Å². The molecule has 9 heteroatoms. The topological polar surface area (TPSA) is 94.8 Å². The van der Waals surface area contributed by atoms with Crippen LogP contribution in [0.15, 0.2) is 89.7 Å². The predicted octanol–water partition coefficient (Wildman–Crippen LogP) is 4.62. The Bertz CT molecular complexity index is 1450. The summed E-state index contributed by atoms with van der Waals surface area (Å²) in [6, 6.07) is 26.8. The molecule has 2 aromatic heterocycles. The van der Waals surface area contributed by atoms with E-state index in [2.05, 4.69) is 25.6 Å².